The van der Waals surface area contributed by atoms with Crippen LogP contribution in [0, 0.1) is 0 Å². The fourth-order valence-electron chi connectivity index (χ4n) is 2.03. The molecule has 0 unspecified atom stereocenters. The van der Waals surface area contributed by atoms with E-state index in [9.17, 15) is 0 Å². The van der Waals surface area contributed by atoms with E-state index in [1.807, 2.05) is 6.07 Å². The van der Waals surface area contributed by atoms with Crippen molar-refractivity contribution >= 4 is 39.0 Å². The van der Waals surface area contributed by atoms with Crippen LogP contribution >= 0.6 is 27.5 Å². The second-order valence-electron chi connectivity index (χ2n) is 4.27. The molecule has 1 N–H and O–H groups in total. The van der Waals surface area contributed by atoms with E-state index < -0.39 is 0 Å². The predicted octanol–water partition coefficient (Wildman–Crippen LogP) is 5.37. The number of benzene rings is 1. The van der Waals surface area contributed by atoms with E-state index in [1.165, 1.54) is 11.1 Å². The molecule has 19 heavy (non-hydrogen) atoms. The van der Waals surface area contributed by atoms with Crippen molar-refractivity contribution in [3.8, 4) is 0 Å². The average Bonchev–Trinajstić information content (AvgIpc) is 2.42. The van der Waals surface area contributed by atoms with Crippen molar-refractivity contribution in [3.63, 3.8) is 0 Å². The van der Waals surface area contributed by atoms with Gasteiger partial charge in [-0.1, -0.05) is 43.6 Å². The summed E-state index contributed by atoms with van der Waals surface area (Å²) in [6, 6.07) is 8.21. The number of anilines is 2. The van der Waals surface area contributed by atoms with Crippen LogP contribution in [0.4, 0.5) is 11.5 Å². The molecule has 2 rings (SSSR count). The van der Waals surface area contributed by atoms with Gasteiger partial charge in [0.15, 0.2) is 0 Å². The van der Waals surface area contributed by atoms with E-state index >= 15 is 0 Å². The van der Waals surface area contributed by atoms with Crippen LogP contribution in [0.1, 0.15) is 25.0 Å². The zero-order chi connectivity index (χ0) is 13.8. The van der Waals surface area contributed by atoms with Gasteiger partial charge in [0.2, 0.25) is 0 Å². The number of aromatic nitrogens is 1. The maximum atomic E-state index is 6.22. The van der Waals surface area contributed by atoms with Crippen LogP contribution in [0.3, 0.4) is 0 Å². The molecule has 4 heteroatoms. The molecule has 100 valence electrons. The fraction of sp³-hybridized carbons (Fsp3) is 0.267. The molecule has 0 aliphatic heterocycles. The van der Waals surface area contributed by atoms with E-state index in [1.54, 1.807) is 6.20 Å². The zero-order valence-electron chi connectivity index (χ0n) is 11.0. The van der Waals surface area contributed by atoms with Gasteiger partial charge < -0.3 is 5.32 Å². The third kappa shape index (κ3) is 3.28. The lowest BCUT2D eigenvalue weighted by Crippen LogP contribution is -2.02. The Bertz CT molecular complexity index is 562. The van der Waals surface area contributed by atoms with Gasteiger partial charge >= 0.3 is 0 Å². The first-order valence-corrected chi connectivity index (χ1v) is 7.51. The van der Waals surface area contributed by atoms with Crippen molar-refractivity contribution in [1.29, 1.82) is 0 Å². The van der Waals surface area contributed by atoms with Gasteiger partial charge in [0.1, 0.15) is 5.82 Å². The van der Waals surface area contributed by atoms with Crippen molar-refractivity contribution in [2.75, 3.05) is 5.32 Å². The molecule has 0 aliphatic carbocycles. The Morgan fingerprint density at radius 1 is 1.21 bits per heavy atom. The Kier molecular flexibility index (Phi) is 4.83. The van der Waals surface area contributed by atoms with Crippen LogP contribution in [0.2, 0.25) is 5.02 Å². The van der Waals surface area contributed by atoms with Crippen LogP contribution in [0.5, 0.6) is 0 Å². The number of pyridine rings is 1. The SMILES string of the molecule is CCc1cccc(CC)c1Nc1ncc(Br)cc1Cl. The number of rotatable bonds is 4. The molecule has 0 bridgehead atoms. The fourth-order valence-corrected chi connectivity index (χ4v) is 2.70. The molecule has 1 aromatic heterocycles. The maximum Gasteiger partial charge on any atom is 0.149 e. The van der Waals surface area contributed by atoms with E-state index in [0.29, 0.717) is 10.8 Å². The first-order chi connectivity index (χ1) is 9.15. The Balaban J connectivity index is 2.42. The second kappa shape index (κ2) is 6.40. The maximum absolute atomic E-state index is 6.22. The van der Waals surface area contributed by atoms with Gasteiger partial charge in [-0.15, -0.1) is 0 Å². The summed E-state index contributed by atoms with van der Waals surface area (Å²) >= 11 is 9.58. The van der Waals surface area contributed by atoms with Crippen LogP contribution in [0.15, 0.2) is 34.9 Å². The summed E-state index contributed by atoms with van der Waals surface area (Å²) in [5, 5.41) is 3.99. The monoisotopic (exact) mass is 338 g/mol. The molecular formula is C15H16BrClN2. The smallest absolute Gasteiger partial charge is 0.149 e. The number of para-hydroxylation sites is 1. The molecule has 2 nitrogen and oxygen atoms in total. The average molecular weight is 340 g/mol. The number of nitrogens with zero attached hydrogens (tertiary/aromatic N) is 1. The van der Waals surface area contributed by atoms with E-state index in [-0.39, 0.29) is 0 Å². The number of aryl methyl sites for hydroxylation is 2. The Morgan fingerprint density at radius 3 is 2.37 bits per heavy atom. The van der Waals surface area contributed by atoms with Gasteiger partial charge in [-0.25, -0.2) is 4.98 Å². The summed E-state index contributed by atoms with van der Waals surface area (Å²) in [5.41, 5.74) is 3.68. The van der Waals surface area contributed by atoms with E-state index in [2.05, 4.69) is 58.3 Å². The highest BCUT2D eigenvalue weighted by Gasteiger charge is 2.09. The van der Waals surface area contributed by atoms with Gasteiger partial charge in [-0.05, 0) is 46.0 Å². The molecule has 1 aromatic carbocycles. The minimum absolute atomic E-state index is 0.613. The van der Waals surface area contributed by atoms with Crippen molar-refractivity contribution < 1.29 is 0 Å². The Hall–Kier alpha value is -1.06. The normalized spacial score (nSPS) is 10.5. The summed E-state index contributed by atoms with van der Waals surface area (Å²) in [5.74, 6) is 0.695. The van der Waals surface area contributed by atoms with Gasteiger partial charge in [0.25, 0.3) is 0 Å². The zero-order valence-corrected chi connectivity index (χ0v) is 13.3. The lowest BCUT2D eigenvalue weighted by atomic mass is 10.0. The van der Waals surface area contributed by atoms with Crippen LogP contribution < -0.4 is 5.32 Å². The molecule has 0 saturated heterocycles. The molecular weight excluding hydrogens is 324 g/mol. The summed E-state index contributed by atoms with van der Waals surface area (Å²) in [6.07, 6.45) is 3.70. The van der Waals surface area contributed by atoms with Crippen molar-refractivity contribution in [3.05, 3.63) is 51.1 Å². The number of hydrogen-bond acceptors (Lipinski definition) is 2. The lowest BCUT2D eigenvalue weighted by Gasteiger charge is -2.15. The molecule has 0 spiro atoms. The summed E-state index contributed by atoms with van der Waals surface area (Å²) < 4.78 is 0.877. The van der Waals surface area contributed by atoms with Crippen molar-refractivity contribution in [2.24, 2.45) is 0 Å². The summed E-state index contributed by atoms with van der Waals surface area (Å²) in [7, 11) is 0. The van der Waals surface area contributed by atoms with Crippen LogP contribution in [-0.4, -0.2) is 4.98 Å². The van der Waals surface area contributed by atoms with Crippen LogP contribution in [-0.2, 0) is 12.8 Å². The van der Waals surface area contributed by atoms with Crippen molar-refractivity contribution in [2.45, 2.75) is 26.7 Å². The van der Waals surface area contributed by atoms with Gasteiger partial charge in [-0.3, -0.25) is 0 Å². The van der Waals surface area contributed by atoms with Gasteiger partial charge in [0.05, 0.1) is 5.02 Å². The summed E-state index contributed by atoms with van der Waals surface area (Å²) in [4.78, 5) is 4.33. The van der Waals surface area contributed by atoms with Gasteiger partial charge in [-0.2, -0.15) is 0 Å². The van der Waals surface area contributed by atoms with E-state index in [4.69, 9.17) is 11.6 Å². The molecule has 0 radical (unpaired) electrons. The minimum atomic E-state index is 0.613. The first kappa shape index (κ1) is 14.4. The lowest BCUT2D eigenvalue weighted by molar-refractivity contribution is 1.08. The van der Waals surface area contributed by atoms with E-state index in [0.717, 1.165) is 23.0 Å². The van der Waals surface area contributed by atoms with Crippen molar-refractivity contribution in [1.82, 2.24) is 4.98 Å². The molecule has 0 saturated carbocycles. The Morgan fingerprint density at radius 2 is 1.84 bits per heavy atom. The highest BCUT2D eigenvalue weighted by molar-refractivity contribution is 9.10. The number of hydrogen-bond donors (Lipinski definition) is 1. The minimum Gasteiger partial charge on any atom is -0.339 e. The number of halogens is 2. The standard InChI is InChI=1S/C15H16BrClN2/c1-3-10-6-5-7-11(4-2)14(10)19-15-13(17)8-12(16)9-18-15/h5-9H,3-4H2,1-2H3,(H,18,19). The molecule has 0 atom stereocenters. The Labute approximate surface area is 127 Å². The molecule has 2 aromatic rings. The molecule has 0 aliphatic rings. The first-order valence-electron chi connectivity index (χ1n) is 6.34. The highest BCUT2D eigenvalue weighted by atomic mass is 79.9. The number of nitrogens with one attached hydrogen (secondary N) is 1. The predicted molar refractivity (Wildman–Crippen MR) is 85.4 cm³/mol. The van der Waals surface area contributed by atoms with Gasteiger partial charge in [0, 0.05) is 16.4 Å². The second-order valence-corrected chi connectivity index (χ2v) is 5.59. The third-order valence-electron chi connectivity index (χ3n) is 3.05. The molecule has 0 fully saturated rings. The third-order valence-corrected chi connectivity index (χ3v) is 3.77. The molecule has 0 amide bonds. The quantitative estimate of drug-likeness (QED) is 0.810. The largest absolute Gasteiger partial charge is 0.339 e. The topological polar surface area (TPSA) is 24.9 Å². The summed E-state index contributed by atoms with van der Waals surface area (Å²) in [6.45, 7) is 4.30. The van der Waals surface area contributed by atoms with Crippen LogP contribution in [0.25, 0.3) is 0 Å². The highest BCUT2D eigenvalue weighted by Crippen LogP contribution is 2.30. The molecule has 1 heterocycles.